The van der Waals surface area contributed by atoms with Gasteiger partial charge in [0.15, 0.2) is 12.2 Å². The molecule has 0 aromatic carbocycles. The number of rotatable bonds is 68. The highest BCUT2D eigenvalue weighted by Gasteiger charge is 2.30. The van der Waals surface area contributed by atoms with Gasteiger partial charge in [0.05, 0.1) is 32.8 Å². The second kappa shape index (κ2) is 74.6. The van der Waals surface area contributed by atoms with E-state index in [2.05, 4.69) is 186 Å². The lowest BCUT2D eigenvalue weighted by Crippen LogP contribution is -2.30. The van der Waals surface area contributed by atoms with Crippen LogP contribution in [0.4, 0.5) is 0 Å². The fraction of sp³-hybridized carbons (Fsp3) is 0.529. The molecule has 104 heavy (non-hydrogen) atoms. The smallest absolute Gasteiger partial charge is 0.462 e. The number of hydrogen-bond acceptors (Lipinski definition) is 15. The molecule has 17 nitrogen and oxygen atoms in total. The molecule has 0 aliphatic rings. The largest absolute Gasteiger partial charge is 0.472 e. The van der Waals surface area contributed by atoms with Crippen LogP contribution >= 0.6 is 15.6 Å². The van der Waals surface area contributed by atoms with Gasteiger partial charge in [-0.05, 0) is 148 Å². The van der Waals surface area contributed by atoms with Crippen molar-refractivity contribution >= 4 is 39.5 Å². The molecule has 19 heteroatoms. The van der Waals surface area contributed by atoms with E-state index in [0.29, 0.717) is 38.5 Å². The average molecular weight is 1490 g/mol. The molecule has 0 aromatic rings. The molecule has 0 fully saturated rings. The Labute approximate surface area is 626 Å². The van der Waals surface area contributed by atoms with E-state index in [-0.39, 0.29) is 25.7 Å². The summed E-state index contributed by atoms with van der Waals surface area (Å²) < 4.78 is 68.1. The van der Waals surface area contributed by atoms with Gasteiger partial charge in [-0.3, -0.25) is 37.3 Å². The molecule has 0 rings (SSSR count). The molecule has 582 valence electrons. The maximum Gasteiger partial charge on any atom is 0.472 e. The summed E-state index contributed by atoms with van der Waals surface area (Å²) in [6, 6.07) is 0. The fourth-order valence-corrected chi connectivity index (χ4v) is 10.4. The van der Waals surface area contributed by atoms with Crippen LogP contribution in [0.2, 0.25) is 0 Å². The van der Waals surface area contributed by atoms with E-state index in [1.807, 2.05) is 48.6 Å². The molecule has 0 saturated heterocycles. The molecule has 0 bridgehead atoms. The van der Waals surface area contributed by atoms with Crippen LogP contribution in [0.25, 0.3) is 0 Å². The van der Waals surface area contributed by atoms with Crippen molar-refractivity contribution in [1.29, 1.82) is 0 Å². The van der Waals surface area contributed by atoms with Gasteiger partial charge in [-0.25, -0.2) is 9.13 Å². The Hall–Kier alpha value is -6.62. The number of ether oxygens (including phenoxy) is 4. The Kier molecular flexibility index (Phi) is 69.9. The summed E-state index contributed by atoms with van der Waals surface area (Å²) in [6.07, 6.45) is 94.3. The number of carbonyl (C=O) groups excluding carboxylic acids is 4. The molecule has 5 atom stereocenters. The molecule has 0 amide bonds. The Morgan fingerprint density at radius 3 is 0.894 bits per heavy atom. The van der Waals surface area contributed by atoms with E-state index in [4.69, 9.17) is 37.0 Å². The minimum atomic E-state index is -5.03. The van der Waals surface area contributed by atoms with Crippen LogP contribution in [-0.2, 0) is 65.4 Å². The van der Waals surface area contributed by atoms with Crippen molar-refractivity contribution in [2.45, 2.75) is 251 Å². The minimum Gasteiger partial charge on any atom is -0.462 e. The molecule has 0 aromatic heterocycles. The van der Waals surface area contributed by atoms with Crippen molar-refractivity contribution in [2.75, 3.05) is 39.6 Å². The minimum absolute atomic E-state index is 0.00553. The first kappa shape index (κ1) is 97.4. The first-order valence-electron chi connectivity index (χ1n) is 38.0. The number of phosphoric ester groups is 2. The second-order valence-electron chi connectivity index (χ2n) is 24.1. The van der Waals surface area contributed by atoms with Crippen LogP contribution in [-0.4, -0.2) is 96.7 Å². The van der Waals surface area contributed by atoms with Crippen molar-refractivity contribution in [3.05, 3.63) is 219 Å². The molecule has 0 radical (unpaired) electrons. The first-order valence-corrected chi connectivity index (χ1v) is 41.0. The monoisotopic (exact) mass is 1480 g/mol. The standard InChI is InChI=1S/C85H130O17P2/c1-5-9-13-17-21-25-29-32-35-37-39-41-44-46-50-53-57-61-65-69-82(87)95-75-80(101-84(89)71-67-63-59-55-49-28-24-20-16-12-8-4)77-99-103(91,92)97-73-79(86)74-98-104(93,94)100-78-81(102-85(90)72-68-64-60-56-52-48-43-34-31-27-23-19-15-11-7-3)76-96-83(88)70-66-62-58-54-51-47-45-42-40-38-36-33-30-26-22-18-14-10-6-2/h9-11,13-15,20-27,32-36,39-43,46-47,50-52,56-58,61-62,64,68,79-81,86H,5-8,12,16-19,28-31,37-38,44-45,48-49,53-55,59-60,63,65-67,69-78H2,1-4H3,(H,91,92)(H,93,94)/b13-9-,14-10-,15-11-,24-20-,25-21-,26-22-,27-23-,35-32-,36-33-,41-39-,42-40-,43-34-,50-46-,51-47-,56-52-,61-57-,62-58-,68-64-. The molecule has 0 aliphatic carbocycles. The molecule has 0 heterocycles. The molecule has 0 aliphatic heterocycles. The Morgan fingerprint density at radius 1 is 0.288 bits per heavy atom. The van der Waals surface area contributed by atoms with E-state index < -0.39 is 97.5 Å². The lowest BCUT2D eigenvalue weighted by Gasteiger charge is -2.21. The number of aliphatic hydroxyl groups is 1. The Bertz CT molecular complexity index is 2840. The van der Waals surface area contributed by atoms with E-state index >= 15 is 0 Å². The zero-order chi connectivity index (χ0) is 76.0. The van der Waals surface area contributed by atoms with Crippen LogP contribution in [0.3, 0.4) is 0 Å². The van der Waals surface area contributed by atoms with Gasteiger partial charge in [-0.1, -0.05) is 279 Å². The van der Waals surface area contributed by atoms with Gasteiger partial charge in [-0.15, -0.1) is 0 Å². The Morgan fingerprint density at radius 2 is 0.558 bits per heavy atom. The third kappa shape index (κ3) is 73.7. The quantitative estimate of drug-likeness (QED) is 0.0169. The van der Waals surface area contributed by atoms with E-state index in [1.54, 1.807) is 12.2 Å². The number of allylic oxidation sites excluding steroid dienone is 35. The summed E-state index contributed by atoms with van der Waals surface area (Å²) in [5.41, 5.74) is 0. The van der Waals surface area contributed by atoms with Crippen molar-refractivity contribution < 1.29 is 80.2 Å². The van der Waals surface area contributed by atoms with Gasteiger partial charge >= 0.3 is 39.5 Å². The lowest BCUT2D eigenvalue weighted by atomic mass is 10.1. The average Bonchev–Trinajstić information content (AvgIpc) is 0.929. The first-order chi connectivity index (χ1) is 50.7. The van der Waals surface area contributed by atoms with Gasteiger partial charge in [0.2, 0.25) is 0 Å². The summed E-state index contributed by atoms with van der Waals surface area (Å²) in [5.74, 6) is -2.56. The van der Waals surface area contributed by atoms with Gasteiger partial charge < -0.3 is 33.8 Å². The number of esters is 4. The number of carbonyl (C=O) groups is 4. The second-order valence-corrected chi connectivity index (χ2v) is 27.0. The highest BCUT2D eigenvalue weighted by atomic mass is 31.2. The van der Waals surface area contributed by atoms with Crippen LogP contribution in [0.15, 0.2) is 219 Å². The predicted octanol–water partition coefficient (Wildman–Crippen LogP) is 22.1. The van der Waals surface area contributed by atoms with E-state index in [1.165, 1.54) is 6.42 Å². The van der Waals surface area contributed by atoms with Crippen LogP contribution in [0.1, 0.15) is 233 Å². The zero-order valence-electron chi connectivity index (χ0n) is 63.3. The van der Waals surface area contributed by atoms with Crippen LogP contribution in [0, 0.1) is 0 Å². The maximum atomic E-state index is 13.1. The van der Waals surface area contributed by atoms with Crippen molar-refractivity contribution in [3.63, 3.8) is 0 Å². The summed E-state index contributed by atoms with van der Waals surface area (Å²) >= 11 is 0. The molecule has 0 spiro atoms. The van der Waals surface area contributed by atoms with Gasteiger partial charge in [0.25, 0.3) is 0 Å². The summed E-state index contributed by atoms with van der Waals surface area (Å²) in [4.78, 5) is 72.7. The number of unbranched alkanes of at least 4 members (excludes halogenated alkanes) is 7. The SMILES string of the molecule is CC/C=C\C/C=C\C/C=C\C/C=C\C/C=C\C/C=C\CCC(=O)OCC(COP(=O)(O)OCC(O)COP(=O)(O)OCC(COC(=O)CC/C=C\C/C=C\C/C=C\C/C=C\C/C=C\C/C=C\CC)OC(=O)CCCCCCC/C=C\CCCC)OC(=O)C/C=C\C/C=C\C/C=C\C/C=C\C/C=C\CC. The van der Waals surface area contributed by atoms with Gasteiger partial charge in [0.1, 0.15) is 19.3 Å². The summed E-state index contributed by atoms with van der Waals surface area (Å²) in [5, 5.41) is 10.6. The highest BCUT2D eigenvalue weighted by Crippen LogP contribution is 2.45. The van der Waals surface area contributed by atoms with Crippen molar-refractivity contribution in [1.82, 2.24) is 0 Å². The zero-order valence-corrected chi connectivity index (χ0v) is 65.1. The number of hydrogen-bond donors (Lipinski definition) is 3. The van der Waals surface area contributed by atoms with E-state index in [0.717, 1.165) is 135 Å². The molecule has 5 unspecified atom stereocenters. The van der Waals surface area contributed by atoms with Gasteiger partial charge in [0, 0.05) is 19.3 Å². The van der Waals surface area contributed by atoms with Crippen molar-refractivity contribution in [3.8, 4) is 0 Å². The number of aliphatic hydroxyl groups excluding tert-OH is 1. The molecule has 0 saturated carbocycles. The van der Waals surface area contributed by atoms with Gasteiger partial charge in [-0.2, -0.15) is 0 Å². The van der Waals surface area contributed by atoms with E-state index in [9.17, 15) is 43.2 Å². The summed E-state index contributed by atoms with van der Waals surface area (Å²) in [7, 11) is -10.0. The topological polar surface area (TPSA) is 237 Å². The normalized spacial score (nSPS) is 15.1. The molecule has 3 N–H and O–H groups in total. The van der Waals surface area contributed by atoms with Crippen LogP contribution < -0.4 is 0 Å². The Balaban J connectivity index is 5.55. The highest BCUT2D eigenvalue weighted by molar-refractivity contribution is 7.47. The molecular formula is C85H130O17P2. The predicted molar refractivity (Wildman–Crippen MR) is 426 cm³/mol. The third-order valence-electron chi connectivity index (χ3n) is 14.5. The number of phosphoric acid groups is 2. The maximum absolute atomic E-state index is 13.1. The summed E-state index contributed by atoms with van der Waals surface area (Å²) in [6.45, 7) is 4.12. The van der Waals surface area contributed by atoms with Crippen molar-refractivity contribution in [2.24, 2.45) is 0 Å². The van der Waals surface area contributed by atoms with Crippen LogP contribution in [0.5, 0.6) is 0 Å². The lowest BCUT2D eigenvalue weighted by molar-refractivity contribution is -0.161. The third-order valence-corrected chi connectivity index (χ3v) is 16.4. The molecular weight excluding hydrogens is 1350 g/mol. The fourth-order valence-electron chi connectivity index (χ4n) is 8.80.